The maximum Gasteiger partial charge on any atom is 0.241 e. The molecule has 1 aliphatic heterocycles. The number of amides is 1. The number of benzene rings is 1. The van der Waals surface area contributed by atoms with Crippen LogP contribution in [-0.4, -0.2) is 36.3 Å². The van der Waals surface area contributed by atoms with Crippen LogP contribution in [0.1, 0.15) is 49.4 Å². The van der Waals surface area contributed by atoms with Gasteiger partial charge >= 0.3 is 0 Å². The van der Waals surface area contributed by atoms with Crippen LogP contribution in [0.25, 0.3) is 0 Å². The quantitative estimate of drug-likeness (QED) is 0.462. The van der Waals surface area contributed by atoms with E-state index in [2.05, 4.69) is 22.0 Å². The first kappa shape index (κ1) is 20.0. The lowest BCUT2D eigenvalue weighted by molar-refractivity contribution is -0.128. The van der Waals surface area contributed by atoms with Crippen molar-refractivity contribution in [1.82, 2.24) is 10.4 Å². The highest BCUT2D eigenvalue weighted by Gasteiger charge is 2.39. The second-order valence-corrected chi connectivity index (χ2v) is 7.88. The first-order valence-electron chi connectivity index (χ1n) is 9.79. The fourth-order valence-corrected chi connectivity index (χ4v) is 4.19. The summed E-state index contributed by atoms with van der Waals surface area (Å²) in [5.41, 5.74) is 3.71. The molecule has 0 radical (unpaired) electrons. The lowest BCUT2D eigenvalue weighted by atomic mass is 9.70. The van der Waals surface area contributed by atoms with Crippen LogP contribution < -0.4 is 5.43 Å². The van der Waals surface area contributed by atoms with E-state index in [1.807, 2.05) is 37.4 Å². The van der Waals surface area contributed by atoms with Gasteiger partial charge in [0.25, 0.3) is 0 Å². The van der Waals surface area contributed by atoms with Crippen molar-refractivity contribution in [1.29, 1.82) is 0 Å². The molecule has 6 nitrogen and oxygen atoms in total. The zero-order valence-electron chi connectivity index (χ0n) is 16.6. The zero-order valence-corrected chi connectivity index (χ0v) is 16.6. The molecule has 0 aromatic heterocycles. The predicted octanol–water partition coefficient (Wildman–Crippen LogP) is 3.92. The molecule has 0 spiro atoms. The Labute approximate surface area is 166 Å². The molecule has 6 heteroatoms. The minimum atomic E-state index is -0.564. The number of ketones is 1. The van der Waals surface area contributed by atoms with E-state index < -0.39 is 5.41 Å². The largest absolute Gasteiger partial charge is 0.293 e. The van der Waals surface area contributed by atoms with Crippen LogP contribution in [0.2, 0.25) is 0 Å². The van der Waals surface area contributed by atoms with Crippen molar-refractivity contribution in [2.45, 2.75) is 39.0 Å². The molecule has 2 aliphatic rings. The minimum absolute atomic E-state index is 0.00584. The standard InChI is InChI=1S/C22H28N4O2/c1-4-26(15-23-3)25-21(28)17-11-9-16(10-12-17)13-22(2)14-24-19-8-6-5-7-18(19)20(22)27/h4-8,14-17H,1,9-13H2,2-3H3,(H,25,28). The molecule has 148 valence electrons. The van der Waals surface area contributed by atoms with Gasteiger partial charge in [0.1, 0.15) is 6.34 Å². The number of hydrazine groups is 1. The van der Waals surface area contributed by atoms with Crippen molar-refractivity contribution in [2.75, 3.05) is 7.05 Å². The third-order valence-corrected chi connectivity index (χ3v) is 5.76. The average molecular weight is 380 g/mol. The Morgan fingerprint density at radius 2 is 2.07 bits per heavy atom. The number of hydrogen-bond acceptors (Lipinski definition) is 4. The van der Waals surface area contributed by atoms with E-state index in [-0.39, 0.29) is 17.6 Å². The molecule has 3 rings (SSSR count). The van der Waals surface area contributed by atoms with Crippen molar-refractivity contribution in [2.24, 2.45) is 27.2 Å². The summed E-state index contributed by atoms with van der Waals surface area (Å²) in [7, 11) is 1.64. The number of carbonyl (C=O) groups is 2. The molecule has 1 fully saturated rings. The second-order valence-electron chi connectivity index (χ2n) is 7.88. The Balaban J connectivity index is 1.57. The van der Waals surface area contributed by atoms with E-state index >= 15 is 0 Å². The number of aliphatic imine (C=N–C) groups is 2. The molecule has 1 aromatic carbocycles. The summed E-state index contributed by atoms with van der Waals surface area (Å²) in [5.74, 6) is 0.544. The van der Waals surface area contributed by atoms with Gasteiger partial charge in [0, 0.05) is 30.9 Å². The van der Waals surface area contributed by atoms with Gasteiger partial charge in [0.15, 0.2) is 5.78 Å². The van der Waals surface area contributed by atoms with Crippen LogP contribution in [-0.2, 0) is 4.79 Å². The number of nitrogens with zero attached hydrogens (tertiary/aromatic N) is 3. The number of rotatable bonds is 6. The Kier molecular flexibility index (Phi) is 6.07. The number of carbonyl (C=O) groups excluding carboxylic acids is 2. The molecule has 1 saturated carbocycles. The molecular weight excluding hydrogens is 352 g/mol. The molecule has 0 bridgehead atoms. The summed E-state index contributed by atoms with van der Waals surface area (Å²) in [6.45, 7) is 5.65. The fourth-order valence-electron chi connectivity index (χ4n) is 4.19. The SMILES string of the molecule is C=CN(C=NC)NC(=O)C1CCC(CC2(C)C=Nc3ccccc3C2=O)CC1. The molecule has 1 amide bonds. The first-order valence-corrected chi connectivity index (χ1v) is 9.79. The molecule has 1 aliphatic carbocycles. The maximum atomic E-state index is 13.0. The van der Waals surface area contributed by atoms with E-state index in [4.69, 9.17) is 0 Å². The second kappa shape index (κ2) is 8.50. The van der Waals surface area contributed by atoms with Crippen LogP contribution in [0.3, 0.4) is 0 Å². The Morgan fingerprint density at radius 1 is 1.36 bits per heavy atom. The maximum absolute atomic E-state index is 13.0. The molecule has 1 heterocycles. The number of nitrogens with one attached hydrogen (secondary N) is 1. The van der Waals surface area contributed by atoms with Gasteiger partial charge in [-0.25, -0.2) is 0 Å². The third kappa shape index (κ3) is 4.21. The lowest BCUT2D eigenvalue weighted by Gasteiger charge is -2.35. The summed E-state index contributed by atoms with van der Waals surface area (Å²) >= 11 is 0. The smallest absolute Gasteiger partial charge is 0.241 e. The minimum Gasteiger partial charge on any atom is -0.293 e. The number of para-hydroxylation sites is 1. The summed E-state index contributed by atoms with van der Waals surface area (Å²) in [4.78, 5) is 33.9. The van der Waals surface area contributed by atoms with Gasteiger partial charge in [-0.1, -0.05) is 18.7 Å². The predicted molar refractivity (Wildman–Crippen MR) is 112 cm³/mol. The van der Waals surface area contributed by atoms with Crippen LogP contribution in [0.5, 0.6) is 0 Å². The highest BCUT2D eigenvalue weighted by Crippen LogP contribution is 2.41. The van der Waals surface area contributed by atoms with Crippen molar-refractivity contribution in [3.8, 4) is 0 Å². The highest BCUT2D eigenvalue weighted by atomic mass is 16.2. The van der Waals surface area contributed by atoms with E-state index in [1.165, 1.54) is 17.5 Å². The van der Waals surface area contributed by atoms with E-state index in [0.29, 0.717) is 11.5 Å². The lowest BCUT2D eigenvalue weighted by Crippen LogP contribution is -2.42. The molecule has 1 atom stereocenters. The van der Waals surface area contributed by atoms with Crippen LogP contribution in [0, 0.1) is 17.3 Å². The normalized spacial score (nSPS) is 26.7. The fraction of sp³-hybridized carbons (Fsp3) is 0.455. The molecule has 1 N–H and O–H groups in total. The van der Waals surface area contributed by atoms with Gasteiger partial charge in [-0.05, 0) is 57.1 Å². The zero-order chi connectivity index (χ0) is 20.1. The van der Waals surface area contributed by atoms with Crippen molar-refractivity contribution in [3.05, 3.63) is 42.6 Å². The number of Topliss-reactive ketones (excluding diaryl/α,β-unsaturated/α-hetero) is 1. The summed E-state index contributed by atoms with van der Waals surface area (Å²) < 4.78 is 0. The van der Waals surface area contributed by atoms with Crippen LogP contribution >= 0.6 is 0 Å². The number of fused-ring (bicyclic) bond motifs is 1. The molecule has 1 unspecified atom stereocenters. The van der Waals surface area contributed by atoms with Gasteiger partial charge in [-0.15, -0.1) is 0 Å². The Hall–Kier alpha value is -2.76. The topological polar surface area (TPSA) is 74.1 Å². The summed E-state index contributed by atoms with van der Waals surface area (Å²) in [5, 5.41) is 1.48. The molecule has 28 heavy (non-hydrogen) atoms. The Bertz CT molecular complexity index is 809. The number of hydrogen-bond donors (Lipinski definition) is 1. The van der Waals surface area contributed by atoms with Gasteiger partial charge in [0.2, 0.25) is 5.91 Å². The van der Waals surface area contributed by atoms with Gasteiger partial charge < -0.3 is 0 Å². The summed E-state index contributed by atoms with van der Waals surface area (Å²) in [6, 6.07) is 7.53. The van der Waals surface area contributed by atoms with Crippen LogP contribution in [0.15, 0.2) is 47.0 Å². The van der Waals surface area contributed by atoms with E-state index in [1.54, 1.807) is 7.05 Å². The average Bonchev–Trinajstić information content (AvgIpc) is 2.71. The van der Waals surface area contributed by atoms with E-state index in [9.17, 15) is 9.59 Å². The van der Waals surface area contributed by atoms with Crippen LogP contribution in [0.4, 0.5) is 5.69 Å². The van der Waals surface area contributed by atoms with Crippen molar-refractivity contribution < 1.29 is 9.59 Å². The third-order valence-electron chi connectivity index (χ3n) is 5.76. The van der Waals surface area contributed by atoms with Gasteiger partial charge in [-0.3, -0.25) is 30.0 Å². The monoisotopic (exact) mass is 380 g/mol. The summed E-state index contributed by atoms with van der Waals surface area (Å²) in [6.07, 6.45) is 9.15. The Morgan fingerprint density at radius 3 is 2.75 bits per heavy atom. The van der Waals surface area contributed by atoms with Crippen molar-refractivity contribution in [3.63, 3.8) is 0 Å². The van der Waals surface area contributed by atoms with Gasteiger partial charge in [0.05, 0.1) is 11.1 Å². The highest BCUT2D eigenvalue weighted by molar-refractivity contribution is 6.15. The van der Waals surface area contributed by atoms with Gasteiger partial charge in [-0.2, -0.15) is 0 Å². The van der Waals surface area contributed by atoms with E-state index in [0.717, 1.165) is 37.8 Å². The van der Waals surface area contributed by atoms with Crippen molar-refractivity contribution >= 4 is 29.9 Å². The first-order chi connectivity index (χ1) is 13.5. The molecule has 0 saturated heterocycles. The molecule has 1 aromatic rings. The molecular formula is C22H28N4O2.